The Labute approximate surface area is 135 Å². The summed E-state index contributed by atoms with van der Waals surface area (Å²) in [4.78, 5) is 2.71. The maximum Gasteiger partial charge on any atom is 0.211 e. The molecule has 2 atom stereocenters. The van der Waals surface area contributed by atoms with Gasteiger partial charge in [0.05, 0.1) is 6.26 Å². The summed E-state index contributed by atoms with van der Waals surface area (Å²) in [6.45, 7) is 5.07. The van der Waals surface area contributed by atoms with Crippen LogP contribution in [0.15, 0.2) is 0 Å². The third-order valence-corrected chi connectivity index (χ3v) is 7.12. The highest BCUT2D eigenvalue weighted by molar-refractivity contribution is 7.88. The lowest BCUT2D eigenvalue weighted by Crippen LogP contribution is -2.52. The van der Waals surface area contributed by atoms with Gasteiger partial charge in [-0.2, -0.15) is 0 Å². The van der Waals surface area contributed by atoms with Gasteiger partial charge in [-0.25, -0.2) is 12.7 Å². The van der Waals surface area contributed by atoms with Gasteiger partial charge in [0.1, 0.15) is 0 Å². The fourth-order valence-electron chi connectivity index (χ4n) is 4.52. The first-order chi connectivity index (χ1) is 10.5. The highest BCUT2D eigenvalue weighted by Gasteiger charge is 2.33. The van der Waals surface area contributed by atoms with Crippen molar-refractivity contribution in [3.05, 3.63) is 0 Å². The molecule has 0 aromatic heterocycles. The maximum absolute atomic E-state index is 11.6. The molecule has 0 amide bonds. The van der Waals surface area contributed by atoms with Crippen molar-refractivity contribution in [1.82, 2.24) is 14.5 Å². The van der Waals surface area contributed by atoms with Crippen LogP contribution < -0.4 is 5.32 Å². The summed E-state index contributed by atoms with van der Waals surface area (Å²) in [7, 11) is -3.00. The normalized spacial score (nSPS) is 32.8. The van der Waals surface area contributed by atoms with Gasteiger partial charge < -0.3 is 10.2 Å². The van der Waals surface area contributed by atoms with Crippen molar-refractivity contribution in [2.24, 2.45) is 5.92 Å². The predicted octanol–water partition coefficient (Wildman–Crippen LogP) is 1.26. The Morgan fingerprint density at radius 1 is 0.955 bits per heavy atom. The van der Waals surface area contributed by atoms with Crippen LogP contribution in [-0.2, 0) is 10.0 Å². The van der Waals surface area contributed by atoms with Crippen molar-refractivity contribution in [2.45, 2.75) is 57.0 Å². The van der Waals surface area contributed by atoms with E-state index < -0.39 is 10.0 Å². The zero-order valence-electron chi connectivity index (χ0n) is 13.8. The largest absolute Gasteiger partial charge is 0.314 e. The zero-order chi connectivity index (χ0) is 15.6. The summed E-state index contributed by atoms with van der Waals surface area (Å²) in [5.74, 6) is 0.794. The van der Waals surface area contributed by atoms with E-state index in [9.17, 15) is 8.42 Å². The van der Waals surface area contributed by atoms with Crippen LogP contribution in [0, 0.1) is 5.92 Å². The Morgan fingerprint density at radius 2 is 1.68 bits per heavy atom. The summed E-state index contributed by atoms with van der Waals surface area (Å²) < 4.78 is 24.7. The third-order valence-electron chi connectivity index (χ3n) is 5.82. The molecule has 0 bridgehead atoms. The van der Waals surface area contributed by atoms with Crippen molar-refractivity contribution >= 4 is 10.0 Å². The van der Waals surface area contributed by atoms with E-state index in [2.05, 4.69) is 10.2 Å². The Balaban J connectivity index is 1.45. The van der Waals surface area contributed by atoms with E-state index in [0.717, 1.165) is 31.3 Å². The van der Waals surface area contributed by atoms with Crippen molar-refractivity contribution in [3.63, 3.8) is 0 Å². The van der Waals surface area contributed by atoms with Crippen LogP contribution >= 0.6 is 0 Å². The maximum atomic E-state index is 11.6. The second-order valence-corrected chi connectivity index (χ2v) is 9.33. The Kier molecular flexibility index (Phi) is 5.43. The quantitative estimate of drug-likeness (QED) is 0.844. The van der Waals surface area contributed by atoms with E-state index in [4.69, 9.17) is 0 Å². The topological polar surface area (TPSA) is 52.7 Å². The van der Waals surface area contributed by atoms with Crippen molar-refractivity contribution in [3.8, 4) is 0 Å². The molecule has 0 saturated carbocycles. The molecule has 3 aliphatic heterocycles. The van der Waals surface area contributed by atoms with E-state index in [0.29, 0.717) is 19.1 Å². The van der Waals surface area contributed by atoms with Gasteiger partial charge in [-0.3, -0.25) is 0 Å². The number of hydrogen-bond acceptors (Lipinski definition) is 4. The van der Waals surface area contributed by atoms with Crippen LogP contribution in [0.3, 0.4) is 0 Å². The lowest BCUT2D eigenvalue weighted by molar-refractivity contribution is 0.0573. The van der Waals surface area contributed by atoms with Crippen LogP contribution in [0.1, 0.15) is 44.9 Å². The first kappa shape index (κ1) is 16.7. The summed E-state index contributed by atoms with van der Waals surface area (Å²) >= 11 is 0. The molecule has 0 aliphatic carbocycles. The second-order valence-electron chi connectivity index (χ2n) is 7.35. The minimum absolute atomic E-state index is 0.497. The summed E-state index contributed by atoms with van der Waals surface area (Å²) in [5.41, 5.74) is 0. The fourth-order valence-corrected chi connectivity index (χ4v) is 5.40. The molecular weight excluding hydrogens is 298 g/mol. The molecule has 128 valence electrons. The number of hydrogen-bond donors (Lipinski definition) is 1. The zero-order valence-corrected chi connectivity index (χ0v) is 14.7. The van der Waals surface area contributed by atoms with Crippen molar-refractivity contribution in [1.29, 1.82) is 0 Å². The molecule has 0 aromatic carbocycles. The summed E-state index contributed by atoms with van der Waals surface area (Å²) in [5, 5.41) is 3.75. The van der Waals surface area contributed by atoms with Gasteiger partial charge >= 0.3 is 0 Å². The fraction of sp³-hybridized carbons (Fsp3) is 1.00. The number of piperidine rings is 3. The van der Waals surface area contributed by atoms with E-state index in [-0.39, 0.29) is 0 Å². The number of nitrogens with zero attached hydrogens (tertiary/aromatic N) is 2. The molecule has 1 N–H and O–H groups in total. The average molecular weight is 330 g/mol. The van der Waals surface area contributed by atoms with Crippen LogP contribution in [-0.4, -0.2) is 68.7 Å². The lowest BCUT2D eigenvalue weighted by atomic mass is 9.83. The monoisotopic (exact) mass is 329 g/mol. The molecule has 3 saturated heterocycles. The van der Waals surface area contributed by atoms with Gasteiger partial charge in [-0.1, -0.05) is 6.42 Å². The molecule has 5 nitrogen and oxygen atoms in total. The Bertz CT molecular complexity index is 458. The molecule has 3 heterocycles. The van der Waals surface area contributed by atoms with E-state index in [1.165, 1.54) is 51.4 Å². The lowest BCUT2D eigenvalue weighted by Gasteiger charge is -2.45. The van der Waals surface area contributed by atoms with Gasteiger partial charge in [0.25, 0.3) is 0 Å². The minimum Gasteiger partial charge on any atom is -0.314 e. The minimum atomic E-state index is -3.00. The van der Waals surface area contributed by atoms with Crippen molar-refractivity contribution in [2.75, 3.05) is 39.0 Å². The number of rotatable bonds is 4. The van der Waals surface area contributed by atoms with Crippen LogP contribution in [0.25, 0.3) is 0 Å². The second kappa shape index (κ2) is 7.16. The molecule has 22 heavy (non-hydrogen) atoms. The molecule has 6 heteroatoms. The molecule has 3 rings (SSSR count). The molecule has 0 radical (unpaired) electrons. The van der Waals surface area contributed by atoms with Gasteiger partial charge in [-0.15, -0.1) is 0 Å². The van der Waals surface area contributed by atoms with Gasteiger partial charge in [-0.05, 0) is 64.1 Å². The highest BCUT2D eigenvalue weighted by atomic mass is 32.2. The molecule has 3 aliphatic rings. The van der Waals surface area contributed by atoms with E-state index >= 15 is 0 Å². The SMILES string of the molecule is CS(=O)(=O)N1CCC(NC[C@@H]2CCCN3CCCC[C@H]23)CC1. The number of fused-ring (bicyclic) bond motifs is 1. The summed E-state index contributed by atoms with van der Waals surface area (Å²) in [6, 6.07) is 1.29. The Hall–Kier alpha value is -0.170. The Morgan fingerprint density at radius 3 is 2.41 bits per heavy atom. The highest BCUT2D eigenvalue weighted by Crippen LogP contribution is 2.30. The number of sulfonamides is 1. The molecular formula is C16H31N3O2S. The van der Waals surface area contributed by atoms with Gasteiger partial charge in [0.2, 0.25) is 10.0 Å². The number of nitrogens with one attached hydrogen (secondary N) is 1. The third kappa shape index (κ3) is 4.02. The molecule has 0 spiro atoms. The molecule has 0 aromatic rings. The van der Waals surface area contributed by atoms with Crippen molar-refractivity contribution < 1.29 is 8.42 Å². The summed E-state index contributed by atoms with van der Waals surface area (Å²) in [6.07, 6.45) is 10.1. The standard InChI is InChI=1S/C16H31N3O2S/c1-22(20,21)19-11-7-15(8-12-19)17-13-14-5-4-10-18-9-3-2-6-16(14)18/h14-17H,2-13H2,1H3/t14-,16+/m0/s1. The van der Waals surface area contributed by atoms with E-state index in [1.54, 1.807) is 4.31 Å². The first-order valence-electron chi connectivity index (χ1n) is 8.96. The first-order valence-corrected chi connectivity index (χ1v) is 10.8. The van der Waals surface area contributed by atoms with Gasteiger partial charge in [0.15, 0.2) is 0 Å². The smallest absolute Gasteiger partial charge is 0.211 e. The molecule has 3 fully saturated rings. The van der Waals surface area contributed by atoms with Crippen LogP contribution in [0.4, 0.5) is 0 Å². The van der Waals surface area contributed by atoms with Crippen LogP contribution in [0.2, 0.25) is 0 Å². The van der Waals surface area contributed by atoms with Gasteiger partial charge in [0, 0.05) is 25.2 Å². The van der Waals surface area contributed by atoms with Crippen LogP contribution in [0.5, 0.6) is 0 Å². The average Bonchev–Trinajstić information content (AvgIpc) is 2.52. The van der Waals surface area contributed by atoms with E-state index in [1.807, 2.05) is 0 Å². The predicted molar refractivity (Wildman–Crippen MR) is 89.4 cm³/mol. The molecule has 0 unspecified atom stereocenters.